The van der Waals surface area contributed by atoms with Crippen molar-refractivity contribution in [3.8, 4) is 0 Å². The van der Waals surface area contributed by atoms with Crippen LogP contribution in [0.25, 0.3) is 0 Å². The Kier molecular flexibility index (Phi) is 5.73. The molecule has 1 amide bonds. The lowest BCUT2D eigenvalue weighted by atomic mass is 10.2. The van der Waals surface area contributed by atoms with E-state index >= 15 is 0 Å². The quantitative estimate of drug-likeness (QED) is 0.818. The standard InChI is InChI=1S/C17H25FN2O4S/c1-13-11-19(16(21)24-17(2,3)4)9-10-20(13)25(22,23)12-14-5-7-15(18)8-6-14/h5-8,13H,9-12H2,1-4H3/t13-/m0/s1. The minimum Gasteiger partial charge on any atom is -0.444 e. The molecule has 1 aromatic rings. The number of carbonyl (C=O) groups is 1. The molecule has 140 valence electrons. The van der Waals surface area contributed by atoms with Crippen LogP contribution in [0.2, 0.25) is 0 Å². The minimum absolute atomic E-state index is 0.190. The summed E-state index contributed by atoms with van der Waals surface area (Å²) in [7, 11) is -3.55. The van der Waals surface area contributed by atoms with Crippen LogP contribution in [0.1, 0.15) is 33.3 Å². The maximum absolute atomic E-state index is 13.0. The third-order valence-electron chi connectivity index (χ3n) is 3.84. The van der Waals surface area contributed by atoms with Gasteiger partial charge in [-0.15, -0.1) is 0 Å². The second kappa shape index (κ2) is 7.29. The number of ether oxygens (including phenoxy) is 1. The third-order valence-corrected chi connectivity index (χ3v) is 5.79. The van der Waals surface area contributed by atoms with E-state index in [9.17, 15) is 17.6 Å². The number of carbonyl (C=O) groups excluding carboxylic acids is 1. The average molecular weight is 372 g/mol. The first-order chi connectivity index (χ1) is 11.5. The normalized spacial score (nSPS) is 19.7. The fourth-order valence-corrected chi connectivity index (χ4v) is 4.47. The Morgan fingerprint density at radius 1 is 1.24 bits per heavy atom. The molecular weight excluding hydrogens is 347 g/mol. The van der Waals surface area contributed by atoms with Gasteiger partial charge >= 0.3 is 6.09 Å². The number of benzene rings is 1. The summed E-state index contributed by atoms with van der Waals surface area (Å²) in [5.74, 6) is -0.593. The van der Waals surface area contributed by atoms with Gasteiger partial charge in [-0.25, -0.2) is 17.6 Å². The Hall–Kier alpha value is -1.67. The van der Waals surface area contributed by atoms with Crippen molar-refractivity contribution in [3.63, 3.8) is 0 Å². The number of hydrogen-bond acceptors (Lipinski definition) is 4. The van der Waals surface area contributed by atoms with Crippen molar-refractivity contribution in [2.75, 3.05) is 19.6 Å². The Bertz CT molecular complexity index is 713. The van der Waals surface area contributed by atoms with Gasteiger partial charge in [-0.05, 0) is 45.4 Å². The highest BCUT2D eigenvalue weighted by atomic mass is 32.2. The van der Waals surface area contributed by atoms with Crippen LogP contribution in [0, 0.1) is 5.82 Å². The molecule has 0 aromatic heterocycles. The smallest absolute Gasteiger partial charge is 0.410 e. The lowest BCUT2D eigenvalue weighted by molar-refractivity contribution is 0.0143. The fraction of sp³-hybridized carbons (Fsp3) is 0.588. The van der Waals surface area contributed by atoms with Gasteiger partial charge in [0.05, 0.1) is 5.75 Å². The average Bonchev–Trinajstić information content (AvgIpc) is 2.47. The summed E-state index contributed by atoms with van der Waals surface area (Å²) in [5, 5.41) is 0. The molecule has 0 radical (unpaired) electrons. The van der Waals surface area contributed by atoms with Crippen molar-refractivity contribution in [3.05, 3.63) is 35.6 Å². The molecule has 1 aliphatic heterocycles. The molecule has 8 heteroatoms. The fourth-order valence-electron chi connectivity index (χ4n) is 2.72. The largest absolute Gasteiger partial charge is 0.444 e. The Balaban J connectivity index is 2.02. The summed E-state index contributed by atoms with van der Waals surface area (Å²) in [6.45, 7) is 7.90. The highest BCUT2D eigenvalue weighted by Gasteiger charge is 2.35. The van der Waals surface area contributed by atoms with Crippen molar-refractivity contribution in [2.45, 2.75) is 45.1 Å². The van der Waals surface area contributed by atoms with Gasteiger partial charge in [0.1, 0.15) is 11.4 Å². The number of sulfonamides is 1. The van der Waals surface area contributed by atoms with Crippen LogP contribution in [0.4, 0.5) is 9.18 Å². The molecule has 1 aromatic carbocycles. The van der Waals surface area contributed by atoms with Crippen molar-refractivity contribution < 1.29 is 22.3 Å². The minimum atomic E-state index is -3.55. The maximum Gasteiger partial charge on any atom is 0.410 e. The first-order valence-electron chi connectivity index (χ1n) is 8.20. The van der Waals surface area contributed by atoms with E-state index in [0.717, 1.165) is 0 Å². The molecule has 0 aliphatic carbocycles. The Morgan fingerprint density at radius 2 is 1.84 bits per heavy atom. The maximum atomic E-state index is 13.0. The number of hydrogen-bond donors (Lipinski definition) is 0. The van der Waals surface area contributed by atoms with Gasteiger partial charge in [0.15, 0.2) is 0 Å². The van der Waals surface area contributed by atoms with Crippen LogP contribution in [0.5, 0.6) is 0 Å². The first kappa shape index (κ1) is 19.7. The van der Waals surface area contributed by atoms with E-state index in [1.54, 1.807) is 27.7 Å². The molecule has 2 rings (SSSR count). The van der Waals surface area contributed by atoms with Gasteiger partial charge in [-0.3, -0.25) is 0 Å². The third kappa shape index (κ3) is 5.40. The van der Waals surface area contributed by atoms with Crippen LogP contribution in [-0.2, 0) is 20.5 Å². The highest BCUT2D eigenvalue weighted by molar-refractivity contribution is 7.88. The molecule has 1 fully saturated rings. The van der Waals surface area contributed by atoms with Crippen molar-refractivity contribution in [1.29, 1.82) is 0 Å². The number of rotatable bonds is 3. The van der Waals surface area contributed by atoms with Gasteiger partial charge in [-0.2, -0.15) is 4.31 Å². The summed E-state index contributed by atoms with van der Waals surface area (Å²) in [6.07, 6.45) is -0.435. The van der Waals surface area contributed by atoms with E-state index < -0.39 is 27.5 Å². The zero-order chi connectivity index (χ0) is 18.8. The number of piperazine rings is 1. The van der Waals surface area contributed by atoms with Crippen LogP contribution in [0.15, 0.2) is 24.3 Å². The topological polar surface area (TPSA) is 66.9 Å². The molecule has 0 N–H and O–H groups in total. The van der Waals surface area contributed by atoms with E-state index in [1.165, 1.54) is 33.5 Å². The van der Waals surface area contributed by atoms with Crippen LogP contribution >= 0.6 is 0 Å². The molecule has 1 heterocycles. The van der Waals surface area contributed by atoms with E-state index in [4.69, 9.17) is 4.74 Å². The molecule has 25 heavy (non-hydrogen) atoms. The van der Waals surface area contributed by atoms with Gasteiger partial charge in [-0.1, -0.05) is 12.1 Å². The molecule has 0 spiro atoms. The Morgan fingerprint density at radius 3 is 2.36 bits per heavy atom. The lowest BCUT2D eigenvalue weighted by Gasteiger charge is -2.39. The monoisotopic (exact) mass is 372 g/mol. The number of amides is 1. The molecular formula is C17H25FN2O4S. The molecule has 1 aliphatic rings. The zero-order valence-electron chi connectivity index (χ0n) is 15.0. The van der Waals surface area contributed by atoms with Crippen LogP contribution < -0.4 is 0 Å². The number of halogens is 1. The van der Waals surface area contributed by atoms with E-state index in [2.05, 4.69) is 0 Å². The van der Waals surface area contributed by atoms with E-state index in [-0.39, 0.29) is 31.4 Å². The molecule has 1 atom stereocenters. The van der Waals surface area contributed by atoms with Gasteiger partial charge in [0.2, 0.25) is 10.0 Å². The van der Waals surface area contributed by atoms with Crippen molar-refractivity contribution >= 4 is 16.1 Å². The van der Waals surface area contributed by atoms with Crippen LogP contribution in [-0.4, -0.2) is 55.0 Å². The summed E-state index contributed by atoms with van der Waals surface area (Å²) in [6, 6.07) is 5.07. The lowest BCUT2D eigenvalue weighted by Crippen LogP contribution is -2.56. The molecule has 0 saturated carbocycles. The summed E-state index contributed by atoms with van der Waals surface area (Å²) >= 11 is 0. The zero-order valence-corrected chi connectivity index (χ0v) is 15.8. The second-order valence-corrected chi connectivity index (χ2v) is 9.19. The number of nitrogens with zero attached hydrogens (tertiary/aromatic N) is 2. The van der Waals surface area contributed by atoms with Gasteiger partial charge in [0, 0.05) is 25.7 Å². The van der Waals surface area contributed by atoms with Gasteiger partial charge in [0.25, 0.3) is 0 Å². The van der Waals surface area contributed by atoms with E-state index in [0.29, 0.717) is 5.56 Å². The van der Waals surface area contributed by atoms with Crippen molar-refractivity contribution in [2.24, 2.45) is 0 Å². The summed E-state index contributed by atoms with van der Waals surface area (Å²) in [5.41, 5.74) is -0.0604. The van der Waals surface area contributed by atoms with Gasteiger partial charge < -0.3 is 9.64 Å². The molecule has 1 saturated heterocycles. The highest BCUT2D eigenvalue weighted by Crippen LogP contribution is 2.20. The van der Waals surface area contributed by atoms with E-state index in [1.807, 2.05) is 0 Å². The second-order valence-electron chi connectivity index (χ2n) is 7.27. The SMILES string of the molecule is C[C@H]1CN(C(=O)OC(C)(C)C)CCN1S(=O)(=O)Cc1ccc(F)cc1. The van der Waals surface area contributed by atoms with Crippen LogP contribution in [0.3, 0.4) is 0 Å². The summed E-state index contributed by atoms with van der Waals surface area (Å²) < 4.78 is 45.0. The predicted molar refractivity (Wildman–Crippen MR) is 93.0 cm³/mol. The Labute approximate surface area is 148 Å². The molecule has 6 nitrogen and oxygen atoms in total. The summed E-state index contributed by atoms with van der Waals surface area (Å²) in [4.78, 5) is 13.7. The molecule has 0 bridgehead atoms. The predicted octanol–water partition coefficient (Wildman–Crippen LogP) is 2.60. The molecule has 0 unspecified atom stereocenters. The first-order valence-corrected chi connectivity index (χ1v) is 9.81. The van der Waals surface area contributed by atoms with Crippen molar-refractivity contribution in [1.82, 2.24) is 9.21 Å².